The van der Waals surface area contributed by atoms with Crippen molar-refractivity contribution in [2.24, 2.45) is 11.8 Å². The van der Waals surface area contributed by atoms with Crippen LogP contribution in [0.5, 0.6) is 0 Å². The first-order valence-electron chi connectivity index (χ1n) is 10.2. The summed E-state index contributed by atoms with van der Waals surface area (Å²) in [6.45, 7) is 4.83. The molecule has 3 aliphatic rings. The minimum Gasteiger partial charge on any atom is -0.0652 e. The van der Waals surface area contributed by atoms with E-state index in [2.05, 4.69) is 44.2 Å². The lowest BCUT2D eigenvalue weighted by Gasteiger charge is -2.27. The van der Waals surface area contributed by atoms with Crippen LogP contribution in [0.1, 0.15) is 82.3 Å². The summed E-state index contributed by atoms with van der Waals surface area (Å²) in [5.74, 6) is 2.56. The molecule has 1 saturated carbocycles. The highest BCUT2D eigenvalue weighted by atomic mass is 14.3. The maximum atomic E-state index is 2.54. The standard InChI is InChI=1S/C24H32/c1-17-4-3-5-22(14-17)21-11-7-19(8-12-21)15-20-9-13-24-18(2)6-10-23(24)16-20/h7-8,11-12,16-18,22H,3-6,9-10,13-15H2,1-2H3. The lowest BCUT2D eigenvalue weighted by molar-refractivity contribution is 0.344. The maximum Gasteiger partial charge on any atom is -0.00638 e. The molecule has 4 rings (SSSR count). The monoisotopic (exact) mass is 320 g/mol. The lowest BCUT2D eigenvalue weighted by Crippen LogP contribution is -2.11. The van der Waals surface area contributed by atoms with E-state index in [1.807, 2.05) is 0 Å². The molecule has 3 aliphatic carbocycles. The Morgan fingerprint density at radius 3 is 2.54 bits per heavy atom. The van der Waals surface area contributed by atoms with Gasteiger partial charge in [0.05, 0.1) is 0 Å². The second-order valence-electron chi connectivity index (χ2n) is 8.68. The fraction of sp³-hybridized carbons (Fsp3) is 0.583. The minimum absolute atomic E-state index is 0.810. The number of hydrogen-bond acceptors (Lipinski definition) is 0. The molecule has 0 radical (unpaired) electrons. The van der Waals surface area contributed by atoms with E-state index in [0.717, 1.165) is 24.2 Å². The molecule has 1 fully saturated rings. The van der Waals surface area contributed by atoms with Crippen molar-refractivity contribution in [3.63, 3.8) is 0 Å². The number of allylic oxidation sites excluding steroid dienone is 4. The predicted molar refractivity (Wildman–Crippen MR) is 103 cm³/mol. The highest BCUT2D eigenvalue weighted by molar-refractivity contribution is 5.40. The molecule has 0 heteroatoms. The Bertz CT molecular complexity index is 643. The van der Waals surface area contributed by atoms with E-state index in [9.17, 15) is 0 Å². The van der Waals surface area contributed by atoms with Crippen LogP contribution in [0.2, 0.25) is 0 Å². The molecule has 0 heterocycles. The van der Waals surface area contributed by atoms with Gasteiger partial charge in [0.15, 0.2) is 0 Å². The van der Waals surface area contributed by atoms with Gasteiger partial charge in [-0.15, -0.1) is 0 Å². The number of hydrogen-bond donors (Lipinski definition) is 0. The molecule has 0 amide bonds. The first-order chi connectivity index (χ1) is 11.7. The molecule has 0 spiro atoms. The largest absolute Gasteiger partial charge is 0.0652 e. The van der Waals surface area contributed by atoms with Crippen LogP contribution in [0.15, 0.2) is 47.1 Å². The SMILES string of the molecule is CC1CCCC(c2ccc(CC3=CC4=C(CC3)C(C)CC4)cc2)C1. The molecule has 3 atom stereocenters. The summed E-state index contributed by atoms with van der Waals surface area (Å²) in [6.07, 6.45) is 14.6. The highest BCUT2D eigenvalue weighted by Crippen LogP contribution is 2.40. The van der Waals surface area contributed by atoms with Crippen molar-refractivity contribution in [1.29, 1.82) is 0 Å². The number of benzene rings is 1. The van der Waals surface area contributed by atoms with Gasteiger partial charge in [0.2, 0.25) is 0 Å². The summed E-state index contributed by atoms with van der Waals surface area (Å²) in [6, 6.07) is 9.64. The van der Waals surface area contributed by atoms with Crippen molar-refractivity contribution in [3.05, 3.63) is 58.2 Å². The van der Waals surface area contributed by atoms with E-state index in [-0.39, 0.29) is 0 Å². The van der Waals surface area contributed by atoms with Gasteiger partial charge in [0, 0.05) is 0 Å². The Morgan fingerprint density at radius 1 is 0.917 bits per heavy atom. The second kappa shape index (κ2) is 6.90. The van der Waals surface area contributed by atoms with Gasteiger partial charge in [-0.2, -0.15) is 0 Å². The summed E-state index contributed by atoms with van der Waals surface area (Å²) in [7, 11) is 0. The smallest absolute Gasteiger partial charge is 0.00638 e. The van der Waals surface area contributed by atoms with Crippen LogP contribution in [0.4, 0.5) is 0 Å². The van der Waals surface area contributed by atoms with Crippen LogP contribution in [0, 0.1) is 11.8 Å². The van der Waals surface area contributed by atoms with E-state index in [1.165, 1.54) is 56.9 Å². The molecule has 3 unspecified atom stereocenters. The van der Waals surface area contributed by atoms with Gasteiger partial charge in [-0.05, 0) is 79.4 Å². The van der Waals surface area contributed by atoms with Gasteiger partial charge in [-0.25, -0.2) is 0 Å². The van der Waals surface area contributed by atoms with Gasteiger partial charge in [-0.1, -0.05) is 68.2 Å². The third-order valence-electron chi connectivity index (χ3n) is 6.77. The van der Waals surface area contributed by atoms with Gasteiger partial charge >= 0.3 is 0 Å². The van der Waals surface area contributed by atoms with E-state index in [1.54, 1.807) is 22.3 Å². The third kappa shape index (κ3) is 3.39. The molecule has 1 aromatic carbocycles. The normalized spacial score (nSPS) is 30.2. The molecule has 0 aliphatic heterocycles. The van der Waals surface area contributed by atoms with Crippen LogP contribution >= 0.6 is 0 Å². The fourth-order valence-corrected chi connectivity index (χ4v) is 5.26. The average Bonchev–Trinajstić information content (AvgIpc) is 2.96. The van der Waals surface area contributed by atoms with E-state index >= 15 is 0 Å². The molecule has 0 nitrogen and oxygen atoms in total. The Morgan fingerprint density at radius 2 is 1.75 bits per heavy atom. The summed E-state index contributed by atoms with van der Waals surface area (Å²) >= 11 is 0. The Balaban J connectivity index is 1.43. The average molecular weight is 321 g/mol. The van der Waals surface area contributed by atoms with E-state index in [0.29, 0.717) is 0 Å². The molecular formula is C24H32. The zero-order chi connectivity index (χ0) is 16.5. The van der Waals surface area contributed by atoms with Gasteiger partial charge in [-0.3, -0.25) is 0 Å². The van der Waals surface area contributed by atoms with Crippen molar-refractivity contribution < 1.29 is 0 Å². The molecule has 0 bridgehead atoms. The summed E-state index contributed by atoms with van der Waals surface area (Å²) in [5.41, 5.74) is 8.18. The van der Waals surface area contributed by atoms with Crippen LogP contribution in [-0.4, -0.2) is 0 Å². The van der Waals surface area contributed by atoms with Gasteiger partial charge in [0.1, 0.15) is 0 Å². The summed E-state index contributed by atoms with van der Waals surface area (Å²) in [4.78, 5) is 0. The molecule has 24 heavy (non-hydrogen) atoms. The molecule has 1 aromatic rings. The quantitative estimate of drug-likeness (QED) is 0.564. The van der Waals surface area contributed by atoms with Crippen molar-refractivity contribution in [1.82, 2.24) is 0 Å². The fourth-order valence-electron chi connectivity index (χ4n) is 5.26. The van der Waals surface area contributed by atoms with Crippen LogP contribution in [0.3, 0.4) is 0 Å². The first-order valence-corrected chi connectivity index (χ1v) is 10.2. The predicted octanol–water partition coefficient (Wildman–Crippen LogP) is 6.97. The van der Waals surface area contributed by atoms with Crippen molar-refractivity contribution in [3.8, 4) is 0 Å². The molecule has 0 saturated heterocycles. The van der Waals surface area contributed by atoms with Crippen LogP contribution in [-0.2, 0) is 6.42 Å². The van der Waals surface area contributed by atoms with Gasteiger partial charge < -0.3 is 0 Å². The van der Waals surface area contributed by atoms with Gasteiger partial charge in [0.25, 0.3) is 0 Å². The summed E-state index contributed by atoms with van der Waals surface area (Å²) in [5, 5.41) is 0. The molecule has 0 aromatic heterocycles. The molecule has 128 valence electrons. The molecule has 0 N–H and O–H groups in total. The Labute approximate surface area is 148 Å². The van der Waals surface area contributed by atoms with Crippen molar-refractivity contribution in [2.45, 2.75) is 77.6 Å². The zero-order valence-corrected chi connectivity index (χ0v) is 15.5. The molecular weight excluding hydrogens is 288 g/mol. The Hall–Kier alpha value is -1.30. The third-order valence-corrected chi connectivity index (χ3v) is 6.77. The second-order valence-corrected chi connectivity index (χ2v) is 8.68. The van der Waals surface area contributed by atoms with Crippen molar-refractivity contribution >= 4 is 0 Å². The van der Waals surface area contributed by atoms with Crippen LogP contribution < -0.4 is 0 Å². The maximum absolute atomic E-state index is 2.54. The highest BCUT2D eigenvalue weighted by Gasteiger charge is 2.24. The summed E-state index contributed by atoms with van der Waals surface area (Å²) < 4.78 is 0. The lowest BCUT2D eigenvalue weighted by atomic mass is 9.78. The van der Waals surface area contributed by atoms with E-state index < -0.39 is 0 Å². The first kappa shape index (κ1) is 16.2. The van der Waals surface area contributed by atoms with E-state index in [4.69, 9.17) is 0 Å². The Kier molecular flexibility index (Phi) is 4.66. The van der Waals surface area contributed by atoms with Crippen molar-refractivity contribution in [2.75, 3.05) is 0 Å². The van der Waals surface area contributed by atoms with Crippen LogP contribution in [0.25, 0.3) is 0 Å². The zero-order valence-electron chi connectivity index (χ0n) is 15.5. The number of rotatable bonds is 3. The minimum atomic E-state index is 0.810. The topological polar surface area (TPSA) is 0 Å².